The second kappa shape index (κ2) is 5.31. The SMILES string of the molecule is N=C([C@H]1CCC[C@@H](N)C1)n1nc(C(=O)O)ccc1=N. The lowest BCUT2D eigenvalue weighted by atomic mass is 9.85. The van der Waals surface area contributed by atoms with Gasteiger partial charge in [-0.2, -0.15) is 5.10 Å². The molecule has 0 radical (unpaired) electrons. The highest BCUT2D eigenvalue weighted by molar-refractivity contribution is 5.87. The topological polar surface area (TPSA) is 129 Å². The number of nitrogens with one attached hydrogen (secondary N) is 2. The molecule has 7 heteroatoms. The monoisotopic (exact) mass is 263 g/mol. The Labute approximate surface area is 110 Å². The number of carbonyl (C=O) groups is 1. The summed E-state index contributed by atoms with van der Waals surface area (Å²) in [5.74, 6) is -1.07. The summed E-state index contributed by atoms with van der Waals surface area (Å²) in [5.41, 5.74) is 5.73. The molecule has 2 rings (SSSR count). The molecule has 1 fully saturated rings. The maximum atomic E-state index is 10.9. The molecular weight excluding hydrogens is 246 g/mol. The van der Waals surface area contributed by atoms with Crippen LogP contribution in [0.5, 0.6) is 0 Å². The van der Waals surface area contributed by atoms with Gasteiger partial charge in [-0.3, -0.25) is 10.8 Å². The van der Waals surface area contributed by atoms with Gasteiger partial charge in [-0.05, 0) is 31.4 Å². The van der Waals surface area contributed by atoms with E-state index in [1.165, 1.54) is 12.1 Å². The second-order valence-electron chi connectivity index (χ2n) is 4.83. The standard InChI is InChI=1S/C12H17N5O2/c13-8-3-1-2-7(6-8)11(15)17-10(14)5-4-9(16-17)12(18)19/h4-5,7-8,14-15H,1-3,6,13H2,(H,18,19)/t7-,8+/m0/s1. The van der Waals surface area contributed by atoms with Crippen LogP contribution in [0.2, 0.25) is 0 Å². The minimum absolute atomic E-state index is 0.00847. The molecule has 0 amide bonds. The van der Waals surface area contributed by atoms with E-state index in [9.17, 15) is 4.79 Å². The zero-order valence-corrected chi connectivity index (χ0v) is 10.5. The van der Waals surface area contributed by atoms with Crippen molar-refractivity contribution in [2.75, 3.05) is 0 Å². The Balaban J connectivity index is 2.30. The maximum absolute atomic E-state index is 10.9. The molecule has 2 atom stereocenters. The fourth-order valence-electron chi connectivity index (χ4n) is 2.37. The van der Waals surface area contributed by atoms with E-state index in [1.54, 1.807) is 0 Å². The minimum Gasteiger partial charge on any atom is -0.476 e. The summed E-state index contributed by atoms with van der Waals surface area (Å²) in [7, 11) is 0. The van der Waals surface area contributed by atoms with Crippen LogP contribution >= 0.6 is 0 Å². The van der Waals surface area contributed by atoms with Gasteiger partial charge < -0.3 is 10.8 Å². The average molecular weight is 263 g/mol. The Kier molecular flexibility index (Phi) is 3.75. The molecular formula is C12H17N5O2. The van der Waals surface area contributed by atoms with Crippen molar-refractivity contribution in [2.24, 2.45) is 11.7 Å². The number of aromatic nitrogens is 2. The first-order valence-corrected chi connectivity index (χ1v) is 6.21. The van der Waals surface area contributed by atoms with E-state index in [1.807, 2.05) is 0 Å². The molecule has 1 heterocycles. The summed E-state index contributed by atoms with van der Waals surface area (Å²) in [6.45, 7) is 0. The van der Waals surface area contributed by atoms with Gasteiger partial charge in [0.15, 0.2) is 5.69 Å². The van der Waals surface area contributed by atoms with E-state index in [0.717, 1.165) is 23.9 Å². The molecule has 1 aromatic heterocycles. The normalized spacial score (nSPS) is 23.0. The number of nitrogens with two attached hydrogens (primary N) is 1. The fourth-order valence-corrected chi connectivity index (χ4v) is 2.37. The third-order valence-electron chi connectivity index (χ3n) is 3.38. The molecule has 7 nitrogen and oxygen atoms in total. The molecule has 19 heavy (non-hydrogen) atoms. The van der Waals surface area contributed by atoms with Crippen molar-refractivity contribution in [1.82, 2.24) is 9.78 Å². The summed E-state index contributed by atoms with van der Waals surface area (Å²) < 4.78 is 1.09. The summed E-state index contributed by atoms with van der Waals surface area (Å²) in [6, 6.07) is 2.67. The number of carboxylic acid groups (broad SMARTS) is 1. The van der Waals surface area contributed by atoms with Crippen molar-refractivity contribution in [3.8, 4) is 0 Å². The van der Waals surface area contributed by atoms with Crippen LogP contribution < -0.4 is 11.2 Å². The van der Waals surface area contributed by atoms with Gasteiger partial charge in [0.05, 0.1) is 0 Å². The number of carboxylic acids is 1. The molecule has 0 unspecified atom stereocenters. The number of nitrogens with zero attached hydrogens (tertiary/aromatic N) is 2. The number of aromatic carboxylic acids is 1. The number of hydrogen-bond donors (Lipinski definition) is 4. The molecule has 0 spiro atoms. The second-order valence-corrected chi connectivity index (χ2v) is 4.83. The van der Waals surface area contributed by atoms with Gasteiger partial charge >= 0.3 is 5.97 Å². The van der Waals surface area contributed by atoms with Crippen LogP contribution in [0.15, 0.2) is 12.1 Å². The highest BCUT2D eigenvalue weighted by Gasteiger charge is 2.25. The van der Waals surface area contributed by atoms with Crippen molar-refractivity contribution in [3.63, 3.8) is 0 Å². The highest BCUT2D eigenvalue weighted by Crippen LogP contribution is 2.23. The van der Waals surface area contributed by atoms with Crippen molar-refractivity contribution in [2.45, 2.75) is 31.7 Å². The van der Waals surface area contributed by atoms with Crippen LogP contribution in [0.3, 0.4) is 0 Å². The van der Waals surface area contributed by atoms with E-state index < -0.39 is 5.97 Å². The molecule has 5 N–H and O–H groups in total. The van der Waals surface area contributed by atoms with E-state index in [2.05, 4.69) is 5.10 Å². The van der Waals surface area contributed by atoms with E-state index in [0.29, 0.717) is 6.42 Å². The summed E-state index contributed by atoms with van der Waals surface area (Å²) >= 11 is 0. The molecule has 1 aliphatic carbocycles. The Hall–Kier alpha value is -2.02. The predicted octanol–water partition coefficient (Wildman–Crippen LogP) is 0.404. The van der Waals surface area contributed by atoms with Gasteiger partial charge in [-0.15, -0.1) is 0 Å². The van der Waals surface area contributed by atoms with Gasteiger partial charge in [0.25, 0.3) is 0 Å². The largest absolute Gasteiger partial charge is 0.476 e. The van der Waals surface area contributed by atoms with Crippen LogP contribution in [0, 0.1) is 16.7 Å². The first kappa shape index (κ1) is 13.4. The third kappa shape index (κ3) is 2.87. The molecule has 0 saturated heterocycles. The van der Waals surface area contributed by atoms with Crippen LogP contribution in [-0.2, 0) is 0 Å². The zero-order chi connectivity index (χ0) is 14.0. The van der Waals surface area contributed by atoms with Crippen LogP contribution in [-0.4, -0.2) is 32.7 Å². The van der Waals surface area contributed by atoms with Crippen molar-refractivity contribution in [1.29, 1.82) is 10.8 Å². The Morgan fingerprint density at radius 1 is 1.47 bits per heavy atom. The smallest absolute Gasteiger partial charge is 0.356 e. The van der Waals surface area contributed by atoms with Crippen molar-refractivity contribution < 1.29 is 9.90 Å². The van der Waals surface area contributed by atoms with Gasteiger partial charge in [-0.25, -0.2) is 9.48 Å². The van der Waals surface area contributed by atoms with Gasteiger partial charge in [0.1, 0.15) is 11.3 Å². The summed E-state index contributed by atoms with van der Waals surface area (Å²) in [6.07, 6.45) is 3.41. The van der Waals surface area contributed by atoms with Gasteiger partial charge in [0.2, 0.25) is 0 Å². The molecule has 0 aliphatic heterocycles. The minimum atomic E-state index is -1.16. The summed E-state index contributed by atoms with van der Waals surface area (Å²) in [4.78, 5) is 10.9. The quantitative estimate of drug-likeness (QED) is 0.454. The van der Waals surface area contributed by atoms with Crippen LogP contribution in [0.4, 0.5) is 0 Å². The average Bonchev–Trinajstić information content (AvgIpc) is 2.38. The lowest BCUT2D eigenvalue weighted by Crippen LogP contribution is -2.39. The summed E-state index contributed by atoms with van der Waals surface area (Å²) in [5, 5.41) is 28.6. The Bertz CT molecular complexity index is 565. The number of rotatable bonds is 2. The molecule has 1 aromatic rings. The van der Waals surface area contributed by atoms with Crippen LogP contribution in [0.1, 0.15) is 36.2 Å². The van der Waals surface area contributed by atoms with E-state index >= 15 is 0 Å². The molecule has 102 valence electrons. The van der Waals surface area contributed by atoms with Crippen LogP contribution in [0.25, 0.3) is 0 Å². The third-order valence-corrected chi connectivity index (χ3v) is 3.38. The fraction of sp³-hybridized carbons (Fsp3) is 0.500. The first-order chi connectivity index (χ1) is 8.99. The molecule has 1 aliphatic rings. The molecule has 0 aromatic carbocycles. The zero-order valence-electron chi connectivity index (χ0n) is 10.5. The lowest BCUT2D eigenvalue weighted by molar-refractivity contribution is 0.0688. The highest BCUT2D eigenvalue weighted by atomic mass is 16.4. The van der Waals surface area contributed by atoms with Crippen molar-refractivity contribution in [3.05, 3.63) is 23.3 Å². The predicted molar refractivity (Wildman–Crippen MR) is 68.1 cm³/mol. The van der Waals surface area contributed by atoms with E-state index in [4.69, 9.17) is 21.7 Å². The molecule has 0 bridgehead atoms. The van der Waals surface area contributed by atoms with Gasteiger partial charge in [-0.1, -0.05) is 6.42 Å². The Morgan fingerprint density at radius 3 is 2.84 bits per heavy atom. The van der Waals surface area contributed by atoms with Crippen molar-refractivity contribution >= 4 is 11.8 Å². The maximum Gasteiger partial charge on any atom is 0.356 e. The first-order valence-electron chi connectivity index (χ1n) is 6.21. The number of hydrogen-bond acceptors (Lipinski definition) is 5. The van der Waals surface area contributed by atoms with Gasteiger partial charge in [0, 0.05) is 12.0 Å². The van der Waals surface area contributed by atoms with E-state index in [-0.39, 0.29) is 29.0 Å². The Morgan fingerprint density at radius 2 is 2.21 bits per heavy atom. The molecule has 1 saturated carbocycles. The lowest BCUT2D eigenvalue weighted by Gasteiger charge is -2.27.